The van der Waals surface area contributed by atoms with Crippen molar-refractivity contribution in [3.8, 4) is 33.4 Å². The van der Waals surface area contributed by atoms with Crippen molar-refractivity contribution in [2.24, 2.45) is 0 Å². The molecule has 2 heterocycles. The van der Waals surface area contributed by atoms with Crippen LogP contribution in [0.3, 0.4) is 0 Å². The van der Waals surface area contributed by atoms with Gasteiger partial charge in [0.1, 0.15) is 16.7 Å². The van der Waals surface area contributed by atoms with E-state index in [1.54, 1.807) is 0 Å². The van der Waals surface area contributed by atoms with Gasteiger partial charge in [-0.1, -0.05) is 173 Å². The summed E-state index contributed by atoms with van der Waals surface area (Å²) in [4.78, 5) is 2.46. The SMILES string of the molecule is CC1(C)c2ccccc2-c2ccc(N(c3ccc4c(c3)C(C)(C)c3ccccc3-4)c3ccc(-c4ccc5c6ccccc6c6ccccc6c5c4)c4c3oc3ccc5oc6ccccc6c5c34)cc21. The number of benzene rings is 11. The van der Waals surface area contributed by atoms with Crippen LogP contribution in [0.15, 0.2) is 209 Å². The fourth-order valence-corrected chi connectivity index (χ4v) is 12.7. The van der Waals surface area contributed by atoms with Crippen LogP contribution in [0.25, 0.3) is 110 Å². The van der Waals surface area contributed by atoms with Crippen LogP contribution < -0.4 is 4.90 Å². The molecule has 2 aromatic heterocycles. The van der Waals surface area contributed by atoms with E-state index >= 15 is 0 Å². The number of fused-ring (bicyclic) bond motifs is 19. The second kappa shape index (κ2) is 13.6. The molecule has 0 saturated heterocycles. The number of rotatable bonds is 4. The molecule has 0 bridgehead atoms. The molecular weight excluding hydrogens is 839 g/mol. The van der Waals surface area contributed by atoms with Crippen molar-refractivity contribution in [3.63, 3.8) is 0 Å². The highest BCUT2D eigenvalue weighted by atomic mass is 16.3. The smallest absolute Gasteiger partial charge is 0.160 e. The molecule has 0 fully saturated rings. The van der Waals surface area contributed by atoms with E-state index in [4.69, 9.17) is 8.83 Å². The van der Waals surface area contributed by atoms with Gasteiger partial charge in [0.15, 0.2) is 5.58 Å². The quantitative estimate of drug-likeness (QED) is 0.165. The van der Waals surface area contributed by atoms with Crippen molar-refractivity contribution in [2.75, 3.05) is 4.90 Å². The van der Waals surface area contributed by atoms with E-state index < -0.39 is 0 Å². The Morgan fingerprint density at radius 3 is 1.41 bits per heavy atom. The molecule has 11 aromatic carbocycles. The third-order valence-corrected chi connectivity index (χ3v) is 16.1. The van der Waals surface area contributed by atoms with Gasteiger partial charge in [0, 0.05) is 43.7 Å². The largest absolute Gasteiger partial charge is 0.456 e. The van der Waals surface area contributed by atoms with Crippen LogP contribution in [-0.2, 0) is 10.8 Å². The Kier molecular flexibility index (Phi) is 7.63. The monoisotopic (exact) mass is 883 g/mol. The van der Waals surface area contributed by atoms with E-state index in [0.29, 0.717) is 0 Å². The highest BCUT2D eigenvalue weighted by Gasteiger charge is 2.38. The van der Waals surface area contributed by atoms with Gasteiger partial charge in [0.25, 0.3) is 0 Å². The first-order valence-corrected chi connectivity index (χ1v) is 24.2. The molecule has 0 saturated carbocycles. The summed E-state index contributed by atoms with van der Waals surface area (Å²) < 4.78 is 14.0. The summed E-state index contributed by atoms with van der Waals surface area (Å²) in [6, 6.07) is 73.9. The first kappa shape index (κ1) is 38.7. The molecule has 0 spiro atoms. The maximum absolute atomic E-state index is 7.40. The summed E-state index contributed by atoms with van der Waals surface area (Å²) in [7, 11) is 0. The van der Waals surface area contributed by atoms with Gasteiger partial charge >= 0.3 is 0 Å². The molecule has 0 amide bonds. The number of hydrogen-bond acceptors (Lipinski definition) is 3. The van der Waals surface area contributed by atoms with Crippen molar-refractivity contribution in [2.45, 2.75) is 38.5 Å². The molecule has 0 N–H and O–H groups in total. The molecule has 326 valence electrons. The van der Waals surface area contributed by atoms with Crippen molar-refractivity contribution in [3.05, 3.63) is 222 Å². The number of para-hydroxylation sites is 1. The lowest BCUT2D eigenvalue weighted by Crippen LogP contribution is -2.18. The van der Waals surface area contributed by atoms with Crippen LogP contribution in [0.1, 0.15) is 49.9 Å². The van der Waals surface area contributed by atoms with E-state index in [1.165, 1.54) is 76.8 Å². The normalized spacial score (nSPS) is 14.3. The maximum Gasteiger partial charge on any atom is 0.160 e. The van der Waals surface area contributed by atoms with Gasteiger partial charge < -0.3 is 13.7 Å². The van der Waals surface area contributed by atoms with E-state index in [9.17, 15) is 0 Å². The average molecular weight is 884 g/mol. The number of nitrogens with zero attached hydrogens (tertiary/aromatic N) is 1. The molecule has 2 aliphatic carbocycles. The van der Waals surface area contributed by atoms with Gasteiger partial charge in [-0.2, -0.15) is 0 Å². The predicted molar refractivity (Wildman–Crippen MR) is 289 cm³/mol. The molecule has 69 heavy (non-hydrogen) atoms. The molecule has 0 radical (unpaired) electrons. The average Bonchev–Trinajstić information content (AvgIpc) is 4.09. The fraction of sp³-hybridized carbons (Fsp3) is 0.0909. The Balaban J connectivity index is 1.04. The van der Waals surface area contributed by atoms with Crippen molar-refractivity contribution >= 4 is 93.3 Å². The van der Waals surface area contributed by atoms with Crippen molar-refractivity contribution in [1.82, 2.24) is 0 Å². The van der Waals surface area contributed by atoms with Crippen LogP contribution in [0.4, 0.5) is 17.1 Å². The minimum Gasteiger partial charge on any atom is -0.456 e. The standard InChI is InChI=1S/C66H45NO2/c1-65(2)53-22-12-9-19-47(53)49-29-26-39(36-55(49)65)67(40-27-30-50-48-20-10-13-23-54(48)66(3,4)56(50)37-40)57-32-31-41(62-63-60(69-64(57)62)34-33-59-61(63)51-21-11-14-24-58(51)68-59)38-25-28-46-44-17-6-5-15-42(44)43-16-7-8-18-45(43)52(46)35-38/h5-37H,1-4H3. The maximum atomic E-state index is 7.40. The molecule has 2 aliphatic rings. The van der Waals surface area contributed by atoms with Crippen molar-refractivity contribution in [1.29, 1.82) is 0 Å². The first-order valence-electron chi connectivity index (χ1n) is 24.2. The first-order chi connectivity index (χ1) is 33.7. The van der Waals surface area contributed by atoms with E-state index in [1.807, 2.05) is 6.07 Å². The van der Waals surface area contributed by atoms with Crippen LogP contribution in [0.5, 0.6) is 0 Å². The van der Waals surface area contributed by atoms with Crippen LogP contribution in [0.2, 0.25) is 0 Å². The summed E-state index contributed by atoms with van der Waals surface area (Å²) in [6.45, 7) is 9.46. The van der Waals surface area contributed by atoms with Crippen LogP contribution in [0, 0.1) is 0 Å². The third-order valence-electron chi connectivity index (χ3n) is 16.1. The van der Waals surface area contributed by atoms with E-state index in [2.05, 4.69) is 227 Å². The summed E-state index contributed by atoms with van der Waals surface area (Å²) in [5.41, 5.74) is 18.9. The van der Waals surface area contributed by atoms with E-state index in [0.717, 1.165) is 72.1 Å². The second-order valence-electron chi connectivity index (χ2n) is 20.3. The lowest BCUT2D eigenvalue weighted by molar-refractivity contribution is 0.659. The number of furan rings is 2. The predicted octanol–water partition coefficient (Wildman–Crippen LogP) is 18.7. The minimum absolute atomic E-state index is 0.187. The van der Waals surface area contributed by atoms with Gasteiger partial charge in [-0.25, -0.2) is 0 Å². The molecule has 3 heteroatoms. The summed E-state index contributed by atoms with van der Waals surface area (Å²) in [5.74, 6) is 0. The van der Waals surface area contributed by atoms with Gasteiger partial charge in [-0.15, -0.1) is 0 Å². The van der Waals surface area contributed by atoms with Gasteiger partial charge in [0.2, 0.25) is 0 Å². The van der Waals surface area contributed by atoms with Gasteiger partial charge in [0.05, 0.1) is 5.69 Å². The Labute approximate surface area is 399 Å². The highest BCUT2D eigenvalue weighted by molar-refractivity contribution is 6.31. The highest BCUT2D eigenvalue weighted by Crippen LogP contribution is 2.55. The molecule has 15 rings (SSSR count). The second-order valence-corrected chi connectivity index (χ2v) is 20.3. The van der Waals surface area contributed by atoms with E-state index in [-0.39, 0.29) is 10.8 Å². The molecule has 0 atom stereocenters. The zero-order valence-electron chi connectivity index (χ0n) is 38.8. The van der Waals surface area contributed by atoms with Gasteiger partial charge in [-0.05, 0) is 143 Å². The van der Waals surface area contributed by atoms with Crippen LogP contribution >= 0.6 is 0 Å². The molecular formula is C66H45NO2. The number of anilines is 3. The Hall–Kier alpha value is -8.40. The topological polar surface area (TPSA) is 29.5 Å². The minimum atomic E-state index is -0.187. The zero-order chi connectivity index (χ0) is 45.9. The molecule has 3 nitrogen and oxygen atoms in total. The van der Waals surface area contributed by atoms with Crippen molar-refractivity contribution < 1.29 is 8.83 Å². The lowest BCUT2D eigenvalue weighted by Gasteiger charge is -2.30. The summed E-state index contributed by atoms with van der Waals surface area (Å²) >= 11 is 0. The Morgan fingerprint density at radius 2 is 0.797 bits per heavy atom. The molecule has 0 aliphatic heterocycles. The Bertz CT molecular complexity index is 4250. The zero-order valence-corrected chi connectivity index (χ0v) is 38.8. The van der Waals surface area contributed by atoms with Gasteiger partial charge in [-0.3, -0.25) is 0 Å². The third kappa shape index (κ3) is 5.17. The summed E-state index contributed by atoms with van der Waals surface area (Å²) in [5, 5.41) is 11.8. The summed E-state index contributed by atoms with van der Waals surface area (Å²) in [6.07, 6.45) is 0. The number of hydrogen-bond donors (Lipinski definition) is 0. The Morgan fingerprint density at radius 1 is 0.319 bits per heavy atom. The molecule has 0 unspecified atom stereocenters. The molecule has 13 aromatic rings. The fourth-order valence-electron chi connectivity index (χ4n) is 12.7. The lowest BCUT2D eigenvalue weighted by atomic mass is 9.82. The van der Waals surface area contributed by atoms with Crippen LogP contribution in [-0.4, -0.2) is 0 Å².